The normalized spacial score (nSPS) is 11.8. The molecular formula is C31H45ClN2O4. The van der Waals surface area contributed by atoms with Gasteiger partial charge in [0.15, 0.2) is 6.10 Å². The first-order valence-electron chi connectivity index (χ1n) is 14.4. The van der Waals surface area contributed by atoms with Crippen molar-refractivity contribution in [2.45, 2.75) is 116 Å². The summed E-state index contributed by atoms with van der Waals surface area (Å²) in [5.41, 5.74) is 1.26. The monoisotopic (exact) mass is 544 g/mol. The summed E-state index contributed by atoms with van der Waals surface area (Å²) in [5.74, 6) is 0.298. The molecule has 0 unspecified atom stereocenters. The van der Waals surface area contributed by atoms with Crippen LogP contribution in [-0.2, 0) is 11.2 Å². The first-order chi connectivity index (χ1) is 18.4. The van der Waals surface area contributed by atoms with Crippen LogP contribution in [0.25, 0.3) is 0 Å². The second-order valence-electron chi connectivity index (χ2n) is 10.1. The number of nitro benzene ring substituents is 1. The average molecular weight is 545 g/mol. The smallest absolute Gasteiger partial charge is 0.289 e. The van der Waals surface area contributed by atoms with Crippen molar-refractivity contribution < 1.29 is 14.5 Å². The average Bonchev–Trinajstić information content (AvgIpc) is 2.91. The lowest BCUT2D eigenvalue weighted by molar-refractivity contribution is -0.384. The largest absolute Gasteiger partial charge is 0.481 e. The maximum atomic E-state index is 12.8. The van der Waals surface area contributed by atoms with Gasteiger partial charge in [0.25, 0.3) is 11.6 Å². The van der Waals surface area contributed by atoms with Crippen LogP contribution >= 0.6 is 11.6 Å². The molecule has 0 spiro atoms. The fraction of sp³-hybridized carbons (Fsp3) is 0.581. The van der Waals surface area contributed by atoms with Crippen molar-refractivity contribution in [1.29, 1.82) is 0 Å². The summed E-state index contributed by atoms with van der Waals surface area (Å²) >= 11 is 5.86. The Hall–Kier alpha value is -2.60. The summed E-state index contributed by atoms with van der Waals surface area (Å²) < 4.78 is 5.99. The lowest BCUT2D eigenvalue weighted by Crippen LogP contribution is -2.32. The van der Waals surface area contributed by atoms with Crippen molar-refractivity contribution >= 4 is 28.9 Å². The van der Waals surface area contributed by atoms with Crippen LogP contribution < -0.4 is 10.1 Å². The molecule has 0 aliphatic heterocycles. The van der Waals surface area contributed by atoms with Gasteiger partial charge in [0, 0.05) is 11.8 Å². The van der Waals surface area contributed by atoms with Crippen molar-refractivity contribution in [3.8, 4) is 5.75 Å². The molecule has 1 amide bonds. The van der Waals surface area contributed by atoms with E-state index in [1.54, 1.807) is 0 Å². The Labute approximate surface area is 233 Å². The minimum Gasteiger partial charge on any atom is -0.481 e. The second kappa shape index (κ2) is 18.6. The summed E-state index contributed by atoms with van der Waals surface area (Å²) in [5, 5.41) is 13.8. The van der Waals surface area contributed by atoms with Crippen LogP contribution in [0.15, 0.2) is 42.5 Å². The van der Waals surface area contributed by atoms with Crippen LogP contribution in [0.3, 0.4) is 0 Å². The number of benzene rings is 2. The van der Waals surface area contributed by atoms with Crippen molar-refractivity contribution in [1.82, 2.24) is 0 Å². The first kappa shape index (κ1) is 31.6. The molecule has 7 heteroatoms. The number of hydrogen-bond donors (Lipinski definition) is 1. The summed E-state index contributed by atoms with van der Waals surface area (Å²) in [6.07, 6.45) is 18.1. The number of ether oxygens (including phenoxy) is 1. The van der Waals surface area contributed by atoms with Gasteiger partial charge in [-0.1, -0.05) is 115 Å². The van der Waals surface area contributed by atoms with Gasteiger partial charge >= 0.3 is 0 Å². The molecule has 0 saturated carbocycles. The number of carbonyl (C=O) groups is 1. The molecule has 0 saturated heterocycles. The lowest BCUT2D eigenvalue weighted by atomic mass is 10.0. The SMILES string of the molecule is CCCCCCCCCCCCCCCc1cccc(O[C@H](CC)C(=O)Nc2ccc(Cl)c([N+](=O)[O-])c2)c1. The standard InChI is InChI=1S/C31H45ClN2O4/c1-3-5-6-7-8-9-10-11-12-13-14-15-16-18-25-19-17-20-27(23-25)38-30(4-2)31(35)33-26-21-22-28(32)29(24-26)34(36)37/h17,19-24,30H,3-16,18H2,1-2H3,(H,33,35)/t30-/m1/s1. The third kappa shape index (κ3) is 12.3. The molecule has 210 valence electrons. The molecule has 0 bridgehead atoms. The van der Waals surface area contributed by atoms with Crippen LogP contribution in [0.2, 0.25) is 5.02 Å². The van der Waals surface area contributed by atoms with Crippen molar-refractivity contribution in [3.05, 3.63) is 63.2 Å². The minimum absolute atomic E-state index is 0.0246. The van der Waals surface area contributed by atoms with E-state index in [2.05, 4.69) is 18.3 Å². The molecule has 1 atom stereocenters. The van der Waals surface area contributed by atoms with Gasteiger partial charge in [0.05, 0.1) is 4.92 Å². The molecule has 0 radical (unpaired) electrons. The van der Waals surface area contributed by atoms with Gasteiger partial charge in [-0.25, -0.2) is 0 Å². The third-order valence-corrected chi connectivity index (χ3v) is 7.14. The predicted octanol–water partition coefficient (Wildman–Crippen LogP) is 9.68. The van der Waals surface area contributed by atoms with E-state index >= 15 is 0 Å². The van der Waals surface area contributed by atoms with E-state index < -0.39 is 11.0 Å². The molecule has 6 nitrogen and oxygen atoms in total. The van der Waals surface area contributed by atoms with Gasteiger partial charge in [-0.05, 0) is 49.1 Å². The van der Waals surface area contributed by atoms with E-state index in [9.17, 15) is 14.9 Å². The van der Waals surface area contributed by atoms with E-state index in [1.165, 1.54) is 101 Å². The summed E-state index contributed by atoms with van der Waals surface area (Å²) in [6.45, 7) is 4.13. The van der Waals surface area contributed by atoms with Crippen LogP contribution in [-0.4, -0.2) is 16.9 Å². The second-order valence-corrected chi connectivity index (χ2v) is 10.5. The molecule has 2 rings (SSSR count). The molecule has 0 fully saturated rings. The van der Waals surface area contributed by atoms with Crippen molar-refractivity contribution in [2.75, 3.05) is 5.32 Å². The van der Waals surface area contributed by atoms with Crippen LogP contribution in [0.4, 0.5) is 11.4 Å². The van der Waals surface area contributed by atoms with E-state index in [4.69, 9.17) is 16.3 Å². The molecule has 0 heterocycles. The number of rotatable bonds is 20. The summed E-state index contributed by atoms with van der Waals surface area (Å²) in [4.78, 5) is 23.3. The zero-order chi connectivity index (χ0) is 27.6. The van der Waals surface area contributed by atoms with Gasteiger partial charge in [0.1, 0.15) is 10.8 Å². The molecule has 2 aromatic rings. The number of hydrogen-bond acceptors (Lipinski definition) is 4. The van der Waals surface area contributed by atoms with Crippen LogP contribution in [0.5, 0.6) is 5.75 Å². The third-order valence-electron chi connectivity index (χ3n) is 6.82. The van der Waals surface area contributed by atoms with E-state index in [1.807, 2.05) is 25.1 Å². The Balaban J connectivity index is 1.68. The van der Waals surface area contributed by atoms with Gasteiger partial charge in [-0.3, -0.25) is 14.9 Å². The van der Waals surface area contributed by atoms with Crippen molar-refractivity contribution in [3.63, 3.8) is 0 Å². The van der Waals surface area contributed by atoms with Crippen molar-refractivity contribution in [2.24, 2.45) is 0 Å². The summed E-state index contributed by atoms with van der Waals surface area (Å²) in [6, 6.07) is 12.1. The quantitative estimate of drug-likeness (QED) is 0.102. The topological polar surface area (TPSA) is 81.5 Å². The molecular weight excluding hydrogens is 500 g/mol. The number of halogens is 1. The highest BCUT2D eigenvalue weighted by molar-refractivity contribution is 6.32. The number of unbranched alkanes of at least 4 members (excludes halogenated alkanes) is 12. The number of nitro groups is 1. The predicted molar refractivity (Wildman–Crippen MR) is 157 cm³/mol. The Morgan fingerprint density at radius 1 is 0.895 bits per heavy atom. The zero-order valence-electron chi connectivity index (χ0n) is 23.2. The molecule has 0 aromatic heterocycles. The molecule has 1 N–H and O–H groups in total. The first-order valence-corrected chi connectivity index (χ1v) is 14.8. The van der Waals surface area contributed by atoms with E-state index in [-0.39, 0.29) is 16.6 Å². The Morgan fingerprint density at radius 2 is 1.50 bits per heavy atom. The van der Waals surface area contributed by atoms with Crippen LogP contribution in [0.1, 0.15) is 109 Å². The van der Waals surface area contributed by atoms with Gasteiger partial charge in [-0.15, -0.1) is 0 Å². The number of aryl methyl sites for hydroxylation is 1. The Morgan fingerprint density at radius 3 is 2.08 bits per heavy atom. The Bertz CT molecular complexity index is 982. The van der Waals surface area contributed by atoms with E-state index in [0.717, 1.165) is 12.8 Å². The number of nitrogens with zero attached hydrogens (tertiary/aromatic N) is 1. The fourth-order valence-electron chi connectivity index (χ4n) is 4.56. The highest BCUT2D eigenvalue weighted by atomic mass is 35.5. The molecule has 0 aliphatic rings. The number of anilines is 1. The minimum atomic E-state index is -0.712. The highest BCUT2D eigenvalue weighted by Gasteiger charge is 2.20. The van der Waals surface area contributed by atoms with Crippen LogP contribution in [0, 0.1) is 10.1 Å². The number of amides is 1. The summed E-state index contributed by atoms with van der Waals surface area (Å²) in [7, 11) is 0. The zero-order valence-corrected chi connectivity index (χ0v) is 23.9. The molecule has 0 aliphatic carbocycles. The fourth-order valence-corrected chi connectivity index (χ4v) is 4.75. The van der Waals surface area contributed by atoms with Gasteiger partial charge < -0.3 is 10.1 Å². The maximum absolute atomic E-state index is 12.8. The van der Waals surface area contributed by atoms with Gasteiger partial charge in [0.2, 0.25) is 0 Å². The maximum Gasteiger partial charge on any atom is 0.289 e. The molecule has 2 aromatic carbocycles. The Kier molecular flexibility index (Phi) is 15.5. The number of nitrogens with one attached hydrogen (secondary N) is 1. The lowest BCUT2D eigenvalue weighted by Gasteiger charge is -2.18. The number of carbonyl (C=O) groups excluding carboxylic acids is 1. The highest BCUT2D eigenvalue weighted by Crippen LogP contribution is 2.28. The van der Waals surface area contributed by atoms with E-state index in [0.29, 0.717) is 17.9 Å². The van der Waals surface area contributed by atoms with Gasteiger partial charge in [-0.2, -0.15) is 0 Å². The molecule has 38 heavy (non-hydrogen) atoms.